The summed E-state index contributed by atoms with van der Waals surface area (Å²) in [6, 6.07) is 5.66. The molecule has 0 radical (unpaired) electrons. The molecule has 0 spiro atoms. The van der Waals surface area contributed by atoms with Gasteiger partial charge in [0.25, 0.3) is 0 Å². The molecule has 1 aromatic carbocycles. The maximum Gasteiger partial charge on any atom is 0.220 e. The molecule has 25 heavy (non-hydrogen) atoms. The van der Waals surface area contributed by atoms with Crippen molar-refractivity contribution in [3.05, 3.63) is 23.8 Å². The average molecular weight is 367 g/mol. The number of benzene rings is 1. The number of nitrogens with two attached hydrogens (primary N) is 1. The first-order chi connectivity index (χ1) is 11.4. The van der Waals surface area contributed by atoms with Crippen LogP contribution < -0.4 is 15.8 Å². The fourth-order valence-electron chi connectivity index (χ4n) is 4.08. The number of fused-ring (bicyclic) bond motifs is 1. The minimum Gasteiger partial charge on any atom is -0.487 e. The zero-order chi connectivity index (χ0) is 17.2. The summed E-state index contributed by atoms with van der Waals surface area (Å²) in [5.41, 5.74) is 7.35. The molecule has 0 aromatic heterocycles. The van der Waals surface area contributed by atoms with Gasteiger partial charge in [-0.2, -0.15) is 0 Å². The van der Waals surface area contributed by atoms with E-state index < -0.39 is 0 Å². The van der Waals surface area contributed by atoms with Gasteiger partial charge < -0.3 is 15.8 Å². The average Bonchev–Trinajstić information content (AvgIpc) is 2.54. The molecule has 1 saturated carbocycles. The minimum absolute atomic E-state index is 0. The van der Waals surface area contributed by atoms with Crippen molar-refractivity contribution in [3.8, 4) is 5.75 Å². The lowest BCUT2D eigenvalue weighted by Crippen LogP contribution is -2.41. The van der Waals surface area contributed by atoms with Crippen molar-refractivity contribution in [2.24, 2.45) is 5.92 Å². The SMILES string of the molecule is CC1(C)CC(NC(=O)CCC2CCCCC2)c2cc(N)ccc2O1.Cl. The largest absolute Gasteiger partial charge is 0.487 e. The number of ether oxygens (including phenoxy) is 1. The number of halogens is 1. The quantitative estimate of drug-likeness (QED) is 0.754. The standard InChI is InChI=1S/C20H30N2O2.ClH/c1-20(2)13-17(16-12-15(21)9-10-18(16)24-20)22-19(23)11-8-14-6-4-3-5-7-14;/h9-10,12,14,17H,3-8,11,13,21H2,1-2H3,(H,22,23);1H. The Kier molecular flexibility index (Phi) is 6.61. The van der Waals surface area contributed by atoms with E-state index in [-0.39, 0.29) is 30.0 Å². The van der Waals surface area contributed by atoms with Crippen LogP contribution in [-0.2, 0) is 4.79 Å². The zero-order valence-electron chi connectivity index (χ0n) is 15.3. The maximum atomic E-state index is 12.5. The molecule has 0 bridgehead atoms. The topological polar surface area (TPSA) is 64.4 Å². The van der Waals surface area contributed by atoms with Crippen molar-refractivity contribution in [2.75, 3.05) is 5.73 Å². The van der Waals surface area contributed by atoms with Gasteiger partial charge >= 0.3 is 0 Å². The van der Waals surface area contributed by atoms with E-state index in [0.717, 1.165) is 30.1 Å². The van der Waals surface area contributed by atoms with Crippen molar-refractivity contribution in [3.63, 3.8) is 0 Å². The third kappa shape index (κ3) is 5.27. The number of carbonyl (C=O) groups is 1. The molecule has 3 N–H and O–H groups in total. The second kappa shape index (κ2) is 8.31. The molecule has 1 fully saturated rings. The molecule has 1 aliphatic carbocycles. The third-order valence-corrected chi connectivity index (χ3v) is 5.33. The Hall–Kier alpha value is -1.42. The van der Waals surface area contributed by atoms with Crippen LogP contribution in [0.3, 0.4) is 0 Å². The Labute approximate surface area is 157 Å². The summed E-state index contributed by atoms with van der Waals surface area (Å²) >= 11 is 0. The van der Waals surface area contributed by atoms with Gasteiger partial charge in [0.1, 0.15) is 11.4 Å². The molecule has 1 atom stereocenters. The molecule has 0 saturated heterocycles. The first-order valence-electron chi connectivity index (χ1n) is 9.31. The summed E-state index contributed by atoms with van der Waals surface area (Å²) in [4.78, 5) is 12.5. The Morgan fingerprint density at radius 1 is 1.28 bits per heavy atom. The summed E-state index contributed by atoms with van der Waals surface area (Å²) in [5, 5.41) is 3.22. The highest BCUT2D eigenvalue weighted by Gasteiger charge is 2.34. The highest BCUT2D eigenvalue weighted by Crippen LogP contribution is 2.40. The summed E-state index contributed by atoms with van der Waals surface area (Å²) in [6.45, 7) is 4.13. The predicted octanol–water partition coefficient (Wildman–Crippen LogP) is 4.77. The van der Waals surface area contributed by atoms with Crippen LogP contribution in [0.4, 0.5) is 5.69 Å². The number of nitrogen functional groups attached to an aromatic ring is 1. The summed E-state index contributed by atoms with van der Waals surface area (Å²) in [5.74, 6) is 1.72. The number of carbonyl (C=O) groups excluding carboxylic acids is 1. The maximum absolute atomic E-state index is 12.5. The molecular weight excluding hydrogens is 336 g/mol. The number of nitrogens with one attached hydrogen (secondary N) is 1. The number of hydrogen-bond acceptors (Lipinski definition) is 3. The Morgan fingerprint density at radius 2 is 2.00 bits per heavy atom. The smallest absolute Gasteiger partial charge is 0.220 e. The Bertz CT molecular complexity index is 597. The van der Waals surface area contributed by atoms with Crippen LogP contribution in [0.25, 0.3) is 0 Å². The van der Waals surface area contributed by atoms with Gasteiger partial charge in [0.2, 0.25) is 5.91 Å². The fraction of sp³-hybridized carbons (Fsp3) is 0.650. The molecule has 3 rings (SSSR count). The summed E-state index contributed by atoms with van der Waals surface area (Å²) in [7, 11) is 0. The lowest BCUT2D eigenvalue weighted by atomic mass is 9.86. The number of hydrogen-bond donors (Lipinski definition) is 2. The molecule has 1 aromatic rings. The van der Waals surface area contributed by atoms with Crippen molar-refractivity contribution >= 4 is 24.0 Å². The van der Waals surface area contributed by atoms with E-state index in [1.165, 1.54) is 32.1 Å². The van der Waals surface area contributed by atoms with Gasteiger partial charge in [0.05, 0.1) is 6.04 Å². The monoisotopic (exact) mass is 366 g/mol. The lowest BCUT2D eigenvalue weighted by Gasteiger charge is -2.38. The van der Waals surface area contributed by atoms with E-state index in [0.29, 0.717) is 12.1 Å². The molecular formula is C20H31ClN2O2. The van der Waals surface area contributed by atoms with Gasteiger partial charge in [-0.3, -0.25) is 4.79 Å². The molecule has 4 nitrogen and oxygen atoms in total. The molecule has 2 aliphatic rings. The highest BCUT2D eigenvalue weighted by molar-refractivity contribution is 5.85. The molecule has 1 aliphatic heterocycles. The summed E-state index contributed by atoms with van der Waals surface area (Å²) < 4.78 is 6.03. The molecule has 5 heteroatoms. The normalized spacial score (nSPS) is 22.2. The second-order valence-corrected chi connectivity index (χ2v) is 8.03. The van der Waals surface area contributed by atoms with Crippen molar-refractivity contribution < 1.29 is 9.53 Å². The molecule has 1 unspecified atom stereocenters. The van der Waals surface area contributed by atoms with Gasteiger partial charge in [-0.1, -0.05) is 32.1 Å². The van der Waals surface area contributed by atoms with Gasteiger partial charge in [-0.25, -0.2) is 0 Å². The van der Waals surface area contributed by atoms with Crippen molar-refractivity contribution in [1.82, 2.24) is 5.32 Å². The Morgan fingerprint density at radius 3 is 2.72 bits per heavy atom. The van der Waals surface area contributed by atoms with Crippen LogP contribution in [0.1, 0.15) is 76.8 Å². The second-order valence-electron chi connectivity index (χ2n) is 8.03. The van der Waals surface area contributed by atoms with Gasteiger partial charge in [0.15, 0.2) is 0 Å². The van der Waals surface area contributed by atoms with Crippen LogP contribution >= 0.6 is 12.4 Å². The van der Waals surface area contributed by atoms with Crippen molar-refractivity contribution in [1.29, 1.82) is 0 Å². The number of anilines is 1. The number of rotatable bonds is 4. The van der Waals surface area contributed by atoms with E-state index in [1.54, 1.807) is 0 Å². The van der Waals surface area contributed by atoms with E-state index >= 15 is 0 Å². The molecule has 140 valence electrons. The summed E-state index contributed by atoms with van der Waals surface area (Å²) in [6.07, 6.45) is 8.99. The molecule has 1 heterocycles. The first-order valence-corrected chi connectivity index (χ1v) is 9.31. The van der Waals surface area contributed by atoms with Crippen LogP contribution in [0, 0.1) is 5.92 Å². The fourth-order valence-corrected chi connectivity index (χ4v) is 4.08. The van der Waals surface area contributed by atoms with E-state index in [9.17, 15) is 4.79 Å². The predicted molar refractivity (Wildman–Crippen MR) is 104 cm³/mol. The van der Waals surface area contributed by atoms with Crippen LogP contribution in [0.2, 0.25) is 0 Å². The van der Waals surface area contributed by atoms with Crippen LogP contribution in [0.15, 0.2) is 18.2 Å². The van der Waals surface area contributed by atoms with E-state index in [4.69, 9.17) is 10.5 Å². The minimum atomic E-state index is -0.287. The van der Waals surface area contributed by atoms with Gasteiger partial charge in [-0.15, -0.1) is 12.4 Å². The van der Waals surface area contributed by atoms with Crippen LogP contribution in [0.5, 0.6) is 5.75 Å². The third-order valence-electron chi connectivity index (χ3n) is 5.33. The van der Waals surface area contributed by atoms with Gasteiger partial charge in [0, 0.05) is 24.1 Å². The first kappa shape index (κ1) is 19.9. The lowest BCUT2D eigenvalue weighted by molar-refractivity contribution is -0.122. The number of amides is 1. The highest BCUT2D eigenvalue weighted by atomic mass is 35.5. The van der Waals surface area contributed by atoms with Crippen molar-refractivity contribution in [2.45, 2.75) is 76.9 Å². The van der Waals surface area contributed by atoms with E-state index in [1.807, 2.05) is 18.2 Å². The zero-order valence-corrected chi connectivity index (χ0v) is 16.2. The van der Waals surface area contributed by atoms with E-state index in [2.05, 4.69) is 19.2 Å². The van der Waals surface area contributed by atoms with Crippen LogP contribution in [-0.4, -0.2) is 11.5 Å². The Balaban J connectivity index is 0.00000225. The van der Waals surface area contributed by atoms with Gasteiger partial charge in [-0.05, 0) is 44.4 Å². The molecule has 1 amide bonds.